The van der Waals surface area contributed by atoms with Crippen LogP contribution in [-0.4, -0.2) is 27.5 Å². The first-order chi connectivity index (χ1) is 6.31. The number of carbonyl (C=O) groups excluding carboxylic acids is 1. The third kappa shape index (κ3) is 4.70. The van der Waals surface area contributed by atoms with Crippen molar-refractivity contribution in [1.29, 1.82) is 0 Å². The smallest absolute Gasteiger partial charge is 0.234 e. The minimum absolute atomic E-state index is 0.251. The highest BCUT2D eigenvalue weighted by Crippen LogP contribution is 2.36. The van der Waals surface area contributed by atoms with Crippen molar-refractivity contribution in [2.45, 2.75) is 45.3 Å². The van der Waals surface area contributed by atoms with Crippen LogP contribution in [-0.2, 0) is 9.22 Å². The van der Waals surface area contributed by atoms with Crippen molar-refractivity contribution in [2.75, 3.05) is 13.2 Å². The van der Waals surface area contributed by atoms with E-state index in [2.05, 4.69) is 38.9 Å². The van der Waals surface area contributed by atoms with E-state index in [1.165, 1.54) is 6.08 Å². The molecule has 0 atom stereocenters. The Morgan fingerprint density at radius 2 is 1.93 bits per heavy atom. The molecule has 0 saturated heterocycles. The molecule has 0 aromatic heterocycles. The average molecular weight is 215 g/mol. The molecule has 0 rings (SSSR count). The fourth-order valence-corrected chi connectivity index (χ4v) is 1.82. The van der Waals surface area contributed by atoms with Crippen LogP contribution in [0.4, 0.5) is 0 Å². The van der Waals surface area contributed by atoms with Gasteiger partial charge in [-0.1, -0.05) is 20.8 Å². The summed E-state index contributed by atoms with van der Waals surface area (Å²) in [6, 6.07) is 0. The van der Waals surface area contributed by atoms with Gasteiger partial charge >= 0.3 is 0 Å². The van der Waals surface area contributed by atoms with E-state index < -0.39 is 8.32 Å². The van der Waals surface area contributed by atoms with E-state index >= 15 is 0 Å². The molecule has 0 N–H and O–H groups in total. The third-order valence-electron chi connectivity index (χ3n) is 2.75. The van der Waals surface area contributed by atoms with Crippen LogP contribution in [0.25, 0.3) is 0 Å². The lowest BCUT2D eigenvalue weighted by Crippen LogP contribution is -2.41. The summed E-state index contributed by atoms with van der Waals surface area (Å²) in [5.74, 6) is 0. The number of rotatable bonds is 5. The highest BCUT2D eigenvalue weighted by molar-refractivity contribution is 6.74. The Bertz CT molecular complexity index is 215. The number of hydrogen-bond acceptors (Lipinski definition) is 3. The van der Waals surface area contributed by atoms with Crippen LogP contribution in [0.3, 0.4) is 0 Å². The fraction of sp³-hybridized carbons (Fsp3) is 0.900. The predicted octanol–water partition coefficient (Wildman–Crippen LogP) is 2.73. The SMILES string of the molecule is CC(C)(C)[Si](C)(C)OCCCN=C=O. The predicted molar refractivity (Wildman–Crippen MR) is 60.8 cm³/mol. The van der Waals surface area contributed by atoms with E-state index in [-0.39, 0.29) is 5.04 Å². The Labute approximate surface area is 87.7 Å². The molecule has 0 amide bonds. The monoisotopic (exact) mass is 215 g/mol. The van der Waals surface area contributed by atoms with Gasteiger partial charge in [-0.2, -0.15) is 0 Å². The number of hydrogen-bond donors (Lipinski definition) is 0. The molecule has 0 fully saturated rings. The van der Waals surface area contributed by atoms with E-state index in [0.717, 1.165) is 6.42 Å². The summed E-state index contributed by atoms with van der Waals surface area (Å²) in [7, 11) is -1.61. The summed E-state index contributed by atoms with van der Waals surface area (Å²) in [6.45, 7) is 12.3. The summed E-state index contributed by atoms with van der Waals surface area (Å²) < 4.78 is 5.89. The van der Waals surface area contributed by atoms with E-state index in [4.69, 9.17) is 4.43 Å². The Morgan fingerprint density at radius 3 is 2.36 bits per heavy atom. The molecule has 0 saturated carbocycles. The molecule has 4 heteroatoms. The minimum atomic E-state index is -1.61. The first-order valence-corrected chi connectivity index (χ1v) is 7.90. The summed E-state index contributed by atoms with van der Waals surface area (Å²) in [5, 5.41) is 0.251. The summed E-state index contributed by atoms with van der Waals surface area (Å²) in [6.07, 6.45) is 2.33. The maximum absolute atomic E-state index is 9.80. The van der Waals surface area contributed by atoms with Gasteiger partial charge in [0, 0.05) is 6.61 Å². The normalized spacial score (nSPS) is 12.4. The van der Waals surface area contributed by atoms with Crippen molar-refractivity contribution >= 4 is 14.4 Å². The van der Waals surface area contributed by atoms with Crippen LogP contribution < -0.4 is 0 Å². The van der Waals surface area contributed by atoms with E-state index in [1.54, 1.807) is 0 Å². The quantitative estimate of drug-likeness (QED) is 0.306. The first kappa shape index (κ1) is 13.6. The van der Waals surface area contributed by atoms with E-state index in [1.807, 2.05) is 0 Å². The molecule has 82 valence electrons. The Hall–Kier alpha value is -0.443. The van der Waals surface area contributed by atoms with Gasteiger partial charge in [0.25, 0.3) is 0 Å². The van der Waals surface area contributed by atoms with Crippen LogP contribution >= 0.6 is 0 Å². The van der Waals surface area contributed by atoms with Gasteiger partial charge in [-0.25, -0.2) is 9.79 Å². The molecule has 0 bridgehead atoms. The molecular weight excluding hydrogens is 194 g/mol. The summed E-state index contributed by atoms with van der Waals surface area (Å²) in [4.78, 5) is 13.3. The molecule has 0 heterocycles. The number of aliphatic imine (C=N–C) groups is 1. The van der Waals surface area contributed by atoms with Gasteiger partial charge in [-0.15, -0.1) is 0 Å². The molecule has 3 nitrogen and oxygen atoms in total. The van der Waals surface area contributed by atoms with Gasteiger partial charge in [-0.3, -0.25) is 0 Å². The molecule has 0 unspecified atom stereocenters. The van der Waals surface area contributed by atoms with E-state index in [0.29, 0.717) is 13.2 Å². The van der Waals surface area contributed by atoms with Crippen LogP contribution in [0.1, 0.15) is 27.2 Å². The van der Waals surface area contributed by atoms with Gasteiger partial charge in [0.1, 0.15) is 0 Å². The largest absolute Gasteiger partial charge is 0.417 e. The highest BCUT2D eigenvalue weighted by atomic mass is 28.4. The Morgan fingerprint density at radius 1 is 1.36 bits per heavy atom. The van der Waals surface area contributed by atoms with Gasteiger partial charge in [0.2, 0.25) is 6.08 Å². The zero-order valence-corrected chi connectivity index (χ0v) is 10.9. The molecular formula is C10H21NO2Si. The van der Waals surface area contributed by atoms with Gasteiger partial charge in [0.15, 0.2) is 8.32 Å². The highest BCUT2D eigenvalue weighted by Gasteiger charge is 2.36. The van der Waals surface area contributed by atoms with Gasteiger partial charge < -0.3 is 4.43 Å². The third-order valence-corrected chi connectivity index (χ3v) is 7.29. The van der Waals surface area contributed by atoms with Gasteiger partial charge in [-0.05, 0) is 24.6 Å². The van der Waals surface area contributed by atoms with Gasteiger partial charge in [0.05, 0.1) is 6.54 Å². The minimum Gasteiger partial charge on any atom is -0.417 e. The van der Waals surface area contributed by atoms with Crippen molar-refractivity contribution < 1.29 is 9.22 Å². The van der Waals surface area contributed by atoms with Crippen LogP contribution in [0.5, 0.6) is 0 Å². The van der Waals surface area contributed by atoms with Crippen molar-refractivity contribution in [3.8, 4) is 0 Å². The van der Waals surface area contributed by atoms with Crippen molar-refractivity contribution in [1.82, 2.24) is 0 Å². The molecule has 0 aliphatic heterocycles. The maximum Gasteiger partial charge on any atom is 0.234 e. The second-order valence-corrected chi connectivity index (χ2v) is 9.74. The molecule has 0 aliphatic rings. The topological polar surface area (TPSA) is 38.7 Å². The lowest BCUT2D eigenvalue weighted by molar-refractivity contribution is 0.285. The first-order valence-electron chi connectivity index (χ1n) is 4.99. The fourth-order valence-electron chi connectivity index (χ4n) is 0.733. The number of isocyanates is 1. The molecule has 0 spiro atoms. The molecule has 0 aliphatic carbocycles. The van der Waals surface area contributed by atoms with Crippen LogP contribution in [0.15, 0.2) is 4.99 Å². The summed E-state index contributed by atoms with van der Waals surface area (Å²) in [5.41, 5.74) is 0. The molecule has 0 aromatic rings. The lowest BCUT2D eigenvalue weighted by atomic mass is 10.2. The standard InChI is InChI=1S/C10H21NO2Si/c1-10(2,3)14(4,5)13-8-6-7-11-9-12/h6-8H2,1-5H3. The van der Waals surface area contributed by atoms with Crippen molar-refractivity contribution in [2.24, 2.45) is 4.99 Å². The Kier molecular flexibility index (Phi) is 5.27. The van der Waals surface area contributed by atoms with E-state index in [9.17, 15) is 4.79 Å². The zero-order valence-electron chi connectivity index (χ0n) is 9.89. The lowest BCUT2D eigenvalue weighted by Gasteiger charge is -2.36. The second kappa shape index (κ2) is 5.44. The molecule has 0 aromatic carbocycles. The Balaban J connectivity index is 3.83. The zero-order chi connectivity index (χ0) is 11.2. The molecule has 14 heavy (non-hydrogen) atoms. The number of nitrogens with zero attached hydrogens (tertiary/aromatic N) is 1. The maximum atomic E-state index is 9.80. The van der Waals surface area contributed by atoms with Crippen LogP contribution in [0.2, 0.25) is 18.1 Å². The van der Waals surface area contributed by atoms with Crippen LogP contribution in [0, 0.1) is 0 Å². The second-order valence-electron chi connectivity index (χ2n) is 4.94. The average Bonchev–Trinajstić information content (AvgIpc) is 2.02. The van der Waals surface area contributed by atoms with Crippen molar-refractivity contribution in [3.05, 3.63) is 0 Å². The summed E-state index contributed by atoms with van der Waals surface area (Å²) >= 11 is 0. The van der Waals surface area contributed by atoms with Crippen molar-refractivity contribution in [3.63, 3.8) is 0 Å². The molecule has 0 radical (unpaired) electrons.